The number of rotatable bonds is 4. The van der Waals surface area contributed by atoms with Gasteiger partial charge in [0.25, 0.3) is 0 Å². The SMILES string of the molecule is CSc1ccccc1NC(=O)C(=O)Nc1ccc(N2CCCC2=O)cc1. The van der Waals surface area contributed by atoms with Crippen LogP contribution in [-0.4, -0.2) is 30.5 Å². The number of nitrogens with one attached hydrogen (secondary N) is 2. The standard InChI is InChI=1S/C19H19N3O3S/c1-26-16-6-3-2-5-15(16)21-19(25)18(24)20-13-8-10-14(11-9-13)22-12-4-7-17(22)23/h2-3,5-6,8-11H,4,7,12H2,1H3,(H,20,24)(H,21,25). The third kappa shape index (κ3) is 4.05. The largest absolute Gasteiger partial charge is 0.318 e. The summed E-state index contributed by atoms with van der Waals surface area (Å²) in [6.07, 6.45) is 3.32. The Kier molecular flexibility index (Phi) is 5.58. The second-order valence-corrected chi connectivity index (χ2v) is 6.65. The van der Waals surface area contributed by atoms with Crippen molar-refractivity contribution in [3.05, 3.63) is 48.5 Å². The van der Waals surface area contributed by atoms with Gasteiger partial charge in [-0.2, -0.15) is 0 Å². The van der Waals surface area contributed by atoms with E-state index in [-0.39, 0.29) is 5.91 Å². The number of anilines is 3. The molecule has 134 valence electrons. The normalized spacial score (nSPS) is 13.6. The average Bonchev–Trinajstić information content (AvgIpc) is 3.08. The van der Waals surface area contributed by atoms with Gasteiger partial charge in [-0.25, -0.2) is 0 Å². The van der Waals surface area contributed by atoms with Crippen LogP contribution in [0.25, 0.3) is 0 Å². The molecule has 0 bridgehead atoms. The van der Waals surface area contributed by atoms with Gasteiger partial charge in [-0.05, 0) is 49.1 Å². The van der Waals surface area contributed by atoms with Crippen molar-refractivity contribution >= 4 is 46.5 Å². The minimum absolute atomic E-state index is 0.105. The minimum Gasteiger partial charge on any atom is -0.318 e. The van der Waals surface area contributed by atoms with Crippen LogP contribution in [-0.2, 0) is 14.4 Å². The number of hydrogen-bond donors (Lipinski definition) is 2. The Labute approximate surface area is 156 Å². The molecule has 0 aromatic heterocycles. The zero-order valence-electron chi connectivity index (χ0n) is 14.3. The second kappa shape index (κ2) is 8.05. The van der Waals surface area contributed by atoms with E-state index in [1.165, 1.54) is 11.8 Å². The van der Waals surface area contributed by atoms with Gasteiger partial charge < -0.3 is 15.5 Å². The molecule has 0 saturated carbocycles. The molecule has 2 aromatic rings. The van der Waals surface area contributed by atoms with E-state index in [4.69, 9.17) is 0 Å². The first kappa shape index (κ1) is 18.0. The van der Waals surface area contributed by atoms with Crippen LogP contribution in [0.15, 0.2) is 53.4 Å². The number of carbonyl (C=O) groups excluding carboxylic acids is 3. The van der Waals surface area contributed by atoms with Crippen molar-refractivity contribution in [1.29, 1.82) is 0 Å². The quantitative estimate of drug-likeness (QED) is 0.641. The number of carbonyl (C=O) groups is 3. The Balaban J connectivity index is 1.62. The Hall–Kier alpha value is -2.80. The number of thioether (sulfide) groups is 1. The summed E-state index contributed by atoms with van der Waals surface area (Å²) in [5.41, 5.74) is 1.89. The maximum absolute atomic E-state index is 12.1. The molecule has 2 N–H and O–H groups in total. The summed E-state index contributed by atoms with van der Waals surface area (Å²) in [6, 6.07) is 14.2. The van der Waals surface area contributed by atoms with Crippen molar-refractivity contribution in [1.82, 2.24) is 0 Å². The summed E-state index contributed by atoms with van der Waals surface area (Å²) >= 11 is 1.49. The highest BCUT2D eigenvalue weighted by Gasteiger charge is 2.21. The average molecular weight is 369 g/mol. The highest BCUT2D eigenvalue weighted by atomic mass is 32.2. The van der Waals surface area contributed by atoms with Gasteiger partial charge in [-0.1, -0.05) is 12.1 Å². The summed E-state index contributed by atoms with van der Waals surface area (Å²) in [5.74, 6) is -1.37. The molecule has 1 aliphatic rings. The number of para-hydroxylation sites is 1. The zero-order chi connectivity index (χ0) is 18.5. The first-order valence-corrected chi connectivity index (χ1v) is 9.47. The molecule has 0 aliphatic carbocycles. The number of hydrogen-bond acceptors (Lipinski definition) is 4. The molecule has 3 amide bonds. The monoisotopic (exact) mass is 369 g/mol. The van der Waals surface area contributed by atoms with E-state index in [1.54, 1.807) is 41.3 Å². The van der Waals surface area contributed by atoms with Crippen LogP contribution in [0.2, 0.25) is 0 Å². The van der Waals surface area contributed by atoms with E-state index in [9.17, 15) is 14.4 Å². The van der Waals surface area contributed by atoms with E-state index < -0.39 is 11.8 Å². The van der Waals surface area contributed by atoms with Gasteiger partial charge in [0.05, 0.1) is 5.69 Å². The first-order valence-electron chi connectivity index (χ1n) is 8.24. The van der Waals surface area contributed by atoms with Crippen molar-refractivity contribution < 1.29 is 14.4 Å². The van der Waals surface area contributed by atoms with E-state index >= 15 is 0 Å². The molecule has 3 rings (SSSR count). The highest BCUT2D eigenvalue weighted by Crippen LogP contribution is 2.25. The molecular weight excluding hydrogens is 350 g/mol. The van der Waals surface area contributed by atoms with E-state index in [1.807, 2.05) is 18.4 Å². The van der Waals surface area contributed by atoms with E-state index in [0.717, 1.165) is 17.0 Å². The Bertz CT molecular complexity index is 836. The molecule has 0 radical (unpaired) electrons. The van der Waals surface area contributed by atoms with Gasteiger partial charge in [0, 0.05) is 29.2 Å². The van der Waals surface area contributed by atoms with Crippen LogP contribution in [0.3, 0.4) is 0 Å². The first-order chi connectivity index (χ1) is 12.6. The van der Waals surface area contributed by atoms with Gasteiger partial charge in [-0.15, -0.1) is 11.8 Å². The van der Waals surface area contributed by atoms with Crippen LogP contribution in [0.1, 0.15) is 12.8 Å². The Morgan fingerprint density at radius 1 is 1.00 bits per heavy atom. The van der Waals surface area contributed by atoms with Gasteiger partial charge in [-0.3, -0.25) is 14.4 Å². The van der Waals surface area contributed by atoms with Crippen molar-refractivity contribution in [3.63, 3.8) is 0 Å². The molecule has 26 heavy (non-hydrogen) atoms. The maximum atomic E-state index is 12.1. The Morgan fingerprint density at radius 3 is 2.35 bits per heavy atom. The molecule has 0 atom stereocenters. The van der Waals surface area contributed by atoms with Crippen molar-refractivity contribution in [2.75, 3.05) is 28.3 Å². The molecule has 0 spiro atoms. The van der Waals surface area contributed by atoms with Crippen molar-refractivity contribution in [3.8, 4) is 0 Å². The summed E-state index contributed by atoms with van der Waals surface area (Å²) in [6.45, 7) is 0.710. The van der Waals surface area contributed by atoms with Gasteiger partial charge in [0.15, 0.2) is 0 Å². The fourth-order valence-electron chi connectivity index (χ4n) is 2.76. The summed E-state index contributed by atoms with van der Waals surface area (Å²) in [4.78, 5) is 38.6. The molecule has 1 heterocycles. The summed E-state index contributed by atoms with van der Waals surface area (Å²) < 4.78 is 0. The van der Waals surface area contributed by atoms with Crippen LogP contribution < -0.4 is 15.5 Å². The number of benzene rings is 2. The Morgan fingerprint density at radius 2 is 1.69 bits per heavy atom. The fraction of sp³-hybridized carbons (Fsp3) is 0.211. The van der Waals surface area contributed by atoms with Crippen LogP contribution in [0.4, 0.5) is 17.1 Å². The second-order valence-electron chi connectivity index (χ2n) is 5.80. The van der Waals surface area contributed by atoms with E-state index in [0.29, 0.717) is 24.3 Å². The molecule has 1 fully saturated rings. The summed E-state index contributed by atoms with van der Waals surface area (Å²) in [7, 11) is 0. The molecule has 0 unspecified atom stereocenters. The van der Waals surface area contributed by atoms with Gasteiger partial charge in [0.1, 0.15) is 0 Å². The number of nitrogens with zero attached hydrogens (tertiary/aromatic N) is 1. The van der Waals surface area contributed by atoms with Gasteiger partial charge in [0.2, 0.25) is 5.91 Å². The molecule has 2 aromatic carbocycles. The third-order valence-electron chi connectivity index (χ3n) is 4.07. The minimum atomic E-state index is -0.745. The summed E-state index contributed by atoms with van der Waals surface area (Å²) in [5, 5.41) is 5.19. The predicted molar refractivity (Wildman–Crippen MR) is 104 cm³/mol. The van der Waals surface area contributed by atoms with Crippen LogP contribution >= 0.6 is 11.8 Å². The number of amides is 3. The highest BCUT2D eigenvalue weighted by molar-refractivity contribution is 7.98. The maximum Gasteiger partial charge on any atom is 0.314 e. The van der Waals surface area contributed by atoms with E-state index in [2.05, 4.69) is 10.6 Å². The molecule has 6 nitrogen and oxygen atoms in total. The smallest absolute Gasteiger partial charge is 0.314 e. The van der Waals surface area contributed by atoms with Crippen LogP contribution in [0.5, 0.6) is 0 Å². The van der Waals surface area contributed by atoms with Crippen molar-refractivity contribution in [2.24, 2.45) is 0 Å². The topological polar surface area (TPSA) is 78.5 Å². The molecular formula is C19H19N3O3S. The zero-order valence-corrected chi connectivity index (χ0v) is 15.1. The van der Waals surface area contributed by atoms with Gasteiger partial charge >= 0.3 is 11.8 Å². The lowest BCUT2D eigenvalue weighted by Gasteiger charge is -2.16. The lowest BCUT2D eigenvalue weighted by atomic mass is 10.2. The molecule has 7 heteroatoms. The lowest BCUT2D eigenvalue weighted by molar-refractivity contribution is -0.133. The molecule has 1 saturated heterocycles. The third-order valence-corrected chi connectivity index (χ3v) is 4.87. The molecule has 1 aliphatic heterocycles. The van der Waals surface area contributed by atoms with Crippen LogP contribution in [0, 0.1) is 0 Å². The fourth-order valence-corrected chi connectivity index (χ4v) is 3.31. The lowest BCUT2D eigenvalue weighted by Crippen LogP contribution is -2.29. The van der Waals surface area contributed by atoms with Crippen molar-refractivity contribution in [2.45, 2.75) is 17.7 Å². The predicted octanol–water partition coefficient (Wildman–Crippen LogP) is 3.11.